The first-order chi connectivity index (χ1) is 5.52. The first kappa shape index (κ1) is 11.6. The summed E-state index contributed by atoms with van der Waals surface area (Å²) in [5.74, 6) is 0. The summed E-state index contributed by atoms with van der Waals surface area (Å²) in [6.45, 7) is 3.84. The standard InChI is InChI=1S/C8H16O3S/c1-3-5-7-8(6-4-2)12(9,10)11/h7H,3-6H2,1-2H3,(H,9,10,11)/b8-7+. The summed E-state index contributed by atoms with van der Waals surface area (Å²) >= 11 is 0. The lowest BCUT2D eigenvalue weighted by Gasteiger charge is -2.00. The van der Waals surface area contributed by atoms with E-state index >= 15 is 0 Å². The van der Waals surface area contributed by atoms with Gasteiger partial charge in [0.2, 0.25) is 0 Å². The third-order valence-corrected chi connectivity index (χ3v) is 2.52. The number of hydrogen-bond acceptors (Lipinski definition) is 2. The van der Waals surface area contributed by atoms with E-state index in [0.29, 0.717) is 12.8 Å². The molecule has 0 saturated heterocycles. The van der Waals surface area contributed by atoms with E-state index in [1.807, 2.05) is 13.8 Å². The highest BCUT2D eigenvalue weighted by atomic mass is 32.2. The molecule has 3 nitrogen and oxygen atoms in total. The first-order valence-corrected chi connectivity index (χ1v) is 5.62. The Kier molecular flexibility index (Phi) is 5.17. The first-order valence-electron chi connectivity index (χ1n) is 4.18. The van der Waals surface area contributed by atoms with Crippen LogP contribution < -0.4 is 0 Å². The zero-order chi connectivity index (χ0) is 9.61. The quantitative estimate of drug-likeness (QED) is 0.680. The maximum absolute atomic E-state index is 10.7. The molecule has 0 atom stereocenters. The van der Waals surface area contributed by atoms with Crippen LogP contribution in [0.1, 0.15) is 39.5 Å². The Labute approximate surface area is 74.2 Å². The van der Waals surface area contributed by atoms with Gasteiger partial charge in [-0.3, -0.25) is 4.55 Å². The van der Waals surface area contributed by atoms with Crippen LogP contribution in [0.15, 0.2) is 11.0 Å². The summed E-state index contributed by atoms with van der Waals surface area (Å²) in [6.07, 6.45) is 4.35. The average molecular weight is 192 g/mol. The molecule has 0 bridgehead atoms. The Morgan fingerprint density at radius 1 is 1.33 bits per heavy atom. The van der Waals surface area contributed by atoms with Gasteiger partial charge in [0, 0.05) is 0 Å². The van der Waals surface area contributed by atoms with Gasteiger partial charge in [-0.05, 0) is 12.8 Å². The average Bonchev–Trinajstić information content (AvgIpc) is 1.95. The Bertz CT molecular complexity index is 239. The smallest absolute Gasteiger partial charge is 0.282 e. The fourth-order valence-corrected chi connectivity index (χ4v) is 1.68. The molecule has 0 aliphatic rings. The van der Waals surface area contributed by atoms with Gasteiger partial charge in [-0.25, -0.2) is 0 Å². The molecule has 0 radical (unpaired) electrons. The van der Waals surface area contributed by atoms with Crippen molar-refractivity contribution in [1.29, 1.82) is 0 Å². The Balaban J connectivity index is 4.44. The van der Waals surface area contributed by atoms with Crippen LogP contribution in [0, 0.1) is 0 Å². The van der Waals surface area contributed by atoms with Gasteiger partial charge in [-0.2, -0.15) is 8.42 Å². The monoisotopic (exact) mass is 192 g/mol. The van der Waals surface area contributed by atoms with Crippen molar-refractivity contribution in [3.8, 4) is 0 Å². The van der Waals surface area contributed by atoms with Crippen molar-refractivity contribution in [3.05, 3.63) is 11.0 Å². The van der Waals surface area contributed by atoms with Crippen LogP contribution in [0.5, 0.6) is 0 Å². The molecular formula is C8H16O3S. The minimum atomic E-state index is -3.94. The van der Waals surface area contributed by atoms with E-state index in [0.717, 1.165) is 12.8 Å². The van der Waals surface area contributed by atoms with Crippen LogP contribution in [0.25, 0.3) is 0 Å². The Hall–Kier alpha value is -0.350. The molecule has 1 N–H and O–H groups in total. The summed E-state index contributed by atoms with van der Waals surface area (Å²) in [4.78, 5) is 0.159. The van der Waals surface area contributed by atoms with E-state index in [9.17, 15) is 8.42 Å². The summed E-state index contributed by atoms with van der Waals surface area (Å²) < 4.78 is 30.2. The number of unbranched alkanes of at least 4 members (excludes halogenated alkanes) is 1. The van der Waals surface area contributed by atoms with Gasteiger partial charge < -0.3 is 0 Å². The van der Waals surface area contributed by atoms with Gasteiger partial charge in [0.05, 0.1) is 4.91 Å². The molecule has 0 amide bonds. The predicted octanol–water partition coefficient (Wildman–Crippen LogP) is 2.36. The SMILES string of the molecule is CCC/C=C(\CCC)S(=O)(=O)O. The van der Waals surface area contributed by atoms with Crippen molar-refractivity contribution in [2.75, 3.05) is 0 Å². The second kappa shape index (κ2) is 5.32. The number of rotatable bonds is 5. The summed E-state index contributed by atoms with van der Waals surface area (Å²) in [5.41, 5.74) is 0. The molecule has 12 heavy (non-hydrogen) atoms. The minimum Gasteiger partial charge on any atom is -0.282 e. The van der Waals surface area contributed by atoms with Crippen LogP contribution in [0.4, 0.5) is 0 Å². The summed E-state index contributed by atoms with van der Waals surface area (Å²) in [6, 6.07) is 0. The molecule has 0 heterocycles. The van der Waals surface area contributed by atoms with Crippen molar-refractivity contribution in [1.82, 2.24) is 0 Å². The molecule has 0 aromatic carbocycles. The summed E-state index contributed by atoms with van der Waals surface area (Å²) in [5, 5.41) is 0. The maximum atomic E-state index is 10.7. The normalized spacial score (nSPS) is 13.4. The van der Waals surface area contributed by atoms with E-state index in [-0.39, 0.29) is 4.91 Å². The molecule has 0 rings (SSSR count). The minimum absolute atomic E-state index is 0.159. The number of allylic oxidation sites excluding steroid dienone is 2. The van der Waals surface area contributed by atoms with Crippen molar-refractivity contribution < 1.29 is 13.0 Å². The lowest BCUT2D eigenvalue weighted by molar-refractivity contribution is 0.488. The highest BCUT2D eigenvalue weighted by molar-refractivity contribution is 7.89. The zero-order valence-corrected chi connectivity index (χ0v) is 8.39. The lowest BCUT2D eigenvalue weighted by Crippen LogP contribution is -2.01. The second-order valence-corrected chi connectivity index (χ2v) is 4.16. The molecule has 0 aliphatic carbocycles. The van der Waals surface area contributed by atoms with Gasteiger partial charge in [0.25, 0.3) is 10.1 Å². The van der Waals surface area contributed by atoms with E-state index < -0.39 is 10.1 Å². The topological polar surface area (TPSA) is 54.4 Å². The molecule has 72 valence electrons. The van der Waals surface area contributed by atoms with Gasteiger partial charge in [-0.15, -0.1) is 0 Å². The van der Waals surface area contributed by atoms with E-state index in [4.69, 9.17) is 4.55 Å². The summed E-state index contributed by atoms with van der Waals surface area (Å²) in [7, 11) is -3.94. The van der Waals surface area contributed by atoms with Crippen molar-refractivity contribution >= 4 is 10.1 Å². The van der Waals surface area contributed by atoms with E-state index in [1.165, 1.54) is 0 Å². The molecule has 0 aromatic heterocycles. The molecule has 0 unspecified atom stereocenters. The highest BCUT2D eigenvalue weighted by Crippen LogP contribution is 2.12. The molecular weight excluding hydrogens is 176 g/mol. The molecule has 0 saturated carbocycles. The molecule has 0 aromatic rings. The second-order valence-electron chi connectivity index (χ2n) is 2.68. The van der Waals surface area contributed by atoms with Gasteiger partial charge in [0.15, 0.2) is 0 Å². The van der Waals surface area contributed by atoms with Crippen LogP contribution in [-0.4, -0.2) is 13.0 Å². The Morgan fingerprint density at radius 2 is 1.92 bits per heavy atom. The third-order valence-electron chi connectivity index (χ3n) is 1.49. The predicted molar refractivity (Wildman–Crippen MR) is 49.4 cm³/mol. The van der Waals surface area contributed by atoms with E-state index in [2.05, 4.69) is 0 Å². The molecule has 0 aliphatic heterocycles. The largest absolute Gasteiger partial charge is 0.290 e. The van der Waals surface area contributed by atoms with Crippen LogP contribution in [-0.2, 0) is 10.1 Å². The van der Waals surface area contributed by atoms with Crippen molar-refractivity contribution in [2.24, 2.45) is 0 Å². The molecule has 0 spiro atoms. The highest BCUT2D eigenvalue weighted by Gasteiger charge is 2.11. The molecule has 4 heteroatoms. The molecule has 0 fully saturated rings. The van der Waals surface area contributed by atoms with Gasteiger partial charge in [0.1, 0.15) is 0 Å². The third kappa shape index (κ3) is 4.51. The van der Waals surface area contributed by atoms with Crippen molar-refractivity contribution in [3.63, 3.8) is 0 Å². The fraction of sp³-hybridized carbons (Fsp3) is 0.750. The lowest BCUT2D eigenvalue weighted by atomic mass is 10.2. The maximum Gasteiger partial charge on any atom is 0.290 e. The van der Waals surface area contributed by atoms with Gasteiger partial charge in [-0.1, -0.05) is 32.8 Å². The number of hydrogen-bond donors (Lipinski definition) is 1. The van der Waals surface area contributed by atoms with Gasteiger partial charge >= 0.3 is 0 Å². The van der Waals surface area contributed by atoms with Crippen LogP contribution in [0.2, 0.25) is 0 Å². The van der Waals surface area contributed by atoms with E-state index in [1.54, 1.807) is 6.08 Å². The Morgan fingerprint density at radius 3 is 2.25 bits per heavy atom. The van der Waals surface area contributed by atoms with Crippen LogP contribution in [0.3, 0.4) is 0 Å². The van der Waals surface area contributed by atoms with Crippen LogP contribution >= 0.6 is 0 Å². The fourth-order valence-electron chi connectivity index (χ4n) is 0.888. The van der Waals surface area contributed by atoms with Crippen molar-refractivity contribution in [2.45, 2.75) is 39.5 Å². The zero-order valence-electron chi connectivity index (χ0n) is 7.58.